The molecule has 0 unspecified atom stereocenters. The third-order valence-corrected chi connectivity index (χ3v) is 5.19. The Bertz CT molecular complexity index is 880. The molecule has 0 atom stereocenters. The number of ether oxygens (including phenoxy) is 1. The van der Waals surface area contributed by atoms with Crippen molar-refractivity contribution in [2.45, 2.75) is 24.9 Å². The fourth-order valence-electron chi connectivity index (χ4n) is 3.50. The van der Waals surface area contributed by atoms with E-state index in [1.54, 1.807) is 12.3 Å². The first-order valence-electron chi connectivity index (χ1n) is 9.40. The van der Waals surface area contributed by atoms with E-state index < -0.39 is 11.7 Å². The van der Waals surface area contributed by atoms with E-state index in [0.29, 0.717) is 26.3 Å². The van der Waals surface area contributed by atoms with Gasteiger partial charge >= 0.3 is 6.18 Å². The minimum atomic E-state index is -4.45. The molecule has 1 N–H and O–H groups in total. The Morgan fingerprint density at radius 1 is 1.14 bits per heavy atom. The van der Waals surface area contributed by atoms with Crippen LogP contribution >= 0.6 is 0 Å². The second-order valence-corrected chi connectivity index (χ2v) is 7.18. The van der Waals surface area contributed by atoms with Crippen molar-refractivity contribution in [2.75, 3.05) is 31.6 Å². The van der Waals surface area contributed by atoms with E-state index in [9.17, 15) is 18.0 Å². The minimum Gasteiger partial charge on any atom is -0.381 e. The van der Waals surface area contributed by atoms with Crippen molar-refractivity contribution in [3.05, 3.63) is 41.9 Å². The van der Waals surface area contributed by atoms with Crippen LogP contribution in [0, 0.1) is 5.92 Å². The summed E-state index contributed by atoms with van der Waals surface area (Å²) < 4.78 is 43.8. The number of nitrogens with zero attached hydrogens (tertiary/aromatic N) is 4. The van der Waals surface area contributed by atoms with Gasteiger partial charge in [-0.25, -0.2) is 15.0 Å². The second-order valence-electron chi connectivity index (χ2n) is 7.18. The van der Waals surface area contributed by atoms with Gasteiger partial charge in [0.25, 0.3) is 0 Å². The van der Waals surface area contributed by atoms with Gasteiger partial charge in [-0.2, -0.15) is 13.2 Å². The highest BCUT2D eigenvalue weighted by Crippen LogP contribution is 2.31. The van der Waals surface area contributed by atoms with Crippen molar-refractivity contribution in [3.63, 3.8) is 0 Å². The normalized spacial score (nSPS) is 18.4. The summed E-state index contributed by atoms with van der Waals surface area (Å²) in [5.74, 6) is 0.451. The Morgan fingerprint density at radius 3 is 2.59 bits per heavy atom. The highest BCUT2D eigenvalue weighted by atomic mass is 19.4. The van der Waals surface area contributed by atoms with E-state index in [2.05, 4.69) is 20.3 Å². The summed E-state index contributed by atoms with van der Waals surface area (Å²) in [7, 11) is 0. The first kappa shape index (κ1) is 19.6. The van der Waals surface area contributed by atoms with Gasteiger partial charge in [0, 0.05) is 50.5 Å². The number of aromatic nitrogens is 3. The molecular weight excluding hydrogens is 387 g/mol. The quantitative estimate of drug-likeness (QED) is 0.840. The molecule has 4 heterocycles. The van der Waals surface area contributed by atoms with Crippen LogP contribution in [0.2, 0.25) is 0 Å². The van der Waals surface area contributed by atoms with E-state index in [4.69, 9.17) is 4.74 Å². The number of hydrogen-bond acceptors (Lipinski definition) is 6. The lowest BCUT2D eigenvalue weighted by Gasteiger charge is -2.41. The molecule has 2 fully saturated rings. The molecule has 1 amide bonds. The van der Waals surface area contributed by atoms with Crippen LogP contribution in [0.4, 0.5) is 24.9 Å². The summed E-state index contributed by atoms with van der Waals surface area (Å²) in [5, 5.41) is 2.72. The van der Waals surface area contributed by atoms with Crippen molar-refractivity contribution < 1.29 is 22.7 Å². The largest absolute Gasteiger partial charge is 0.416 e. The molecule has 154 valence electrons. The number of anilines is 2. The number of hydrogen-bond donors (Lipinski definition) is 1. The molecule has 7 nitrogen and oxygen atoms in total. The van der Waals surface area contributed by atoms with Crippen molar-refractivity contribution >= 4 is 17.7 Å². The highest BCUT2D eigenvalue weighted by Gasteiger charge is 2.36. The summed E-state index contributed by atoms with van der Waals surface area (Å²) >= 11 is 0. The molecule has 0 saturated carbocycles. The fraction of sp³-hybridized carbons (Fsp3) is 0.474. The van der Waals surface area contributed by atoms with Crippen LogP contribution in [0.15, 0.2) is 30.6 Å². The summed E-state index contributed by atoms with van der Waals surface area (Å²) in [6.07, 6.45) is -0.312. The SMILES string of the molecule is O=C(C1CCOCC1)N1CC(c2ccnc(Nc3cc(C(F)(F)F)ccn3)n2)C1. The molecule has 0 radical (unpaired) electrons. The number of pyridine rings is 1. The van der Waals surface area contributed by atoms with Crippen LogP contribution in [-0.2, 0) is 15.7 Å². The lowest BCUT2D eigenvalue weighted by molar-refractivity contribution is -0.143. The molecular formula is C19H20F3N5O2. The second kappa shape index (κ2) is 7.94. The predicted molar refractivity (Wildman–Crippen MR) is 97.4 cm³/mol. The molecule has 0 bridgehead atoms. The summed E-state index contributed by atoms with van der Waals surface area (Å²) in [4.78, 5) is 26.7. The zero-order chi connectivity index (χ0) is 20.4. The van der Waals surface area contributed by atoms with Gasteiger partial charge in [0.1, 0.15) is 5.82 Å². The maximum absolute atomic E-state index is 12.8. The third-order valence-electron chi connectivity index (χ3n) is 5.19. The van der Waals surface area contributed by atoms with Gasteiger partial charge in [0.15, 0.2) is 0 Å². The number of nitrogens with one attached hydrogen (secondary N) is 1. The molecule has 29 heavy (non-hydrogen) atoms. The summed E-state index contributed by atoms with van der Waals surface area (Å²) in [6.45, 7) is 2.40. The number of likely N-dealkylation sites (tertiary alicyclic amines) is 1. The Balaban J connectivity index is 1.38. The molecule has 10 heteroatoms. The van der Waals surface area contributed by atoms with Gasteiger partial charge < -0.3 is 15.0 Å². The maximum atomic E-state index is 12.8. The maximum Gasteiger partial charge on any atom is 0.416 e. The molecule has 0 aliphatic carbocycles. The van der Waals surface area contributed by atoms with E-state index in [1.807, 2.05) is 4.90 Å². The lowest BCUT2D eigenvalue weighted by atomic mass is 9.91. The van der Waals surface area contributed by atoms with Crippen LogP contribution in [-0.4, -0.2) is 52.1 Å². The summed E-state index contributed by atoms with van der Waals surface area (Å²) in [5.41, 5.74) is -0.0575. The van der Waals surface area contributed by atoms with Crippen molar-refractivity contribution in [3.8, 4) is 0 Å². The average molecular weight is 407 g/mol. The molecule has 2 aromatic rings. The minimum absolute atomic E-state index is 0.0157. The smallest absolute Gasteiger partial charge is 0.381 e. The van der Waals surface area contributed by atoms with Crippen molar-refractivity contribution in [2.24, 2.45) is 5.92 Å². The van der Waals surface area contributed by atoms with Gasteiger partial charge in [0.05, 0.1) is 11.3 Å². The molecule has 0 spiro atoms. The van der Waals surface area contributed by atoms with E-state index in [-0.39, 0.29) is 29.5 Å². The predicted octanol–water partition coefficient (Wildman–Crippen LogP) is 2.99. The number of carbonyl (C=O) groups is 1. The lowest BCUT2D eigenvalue weighted by Crippen LogP contribution is -2.51. The number of rotatable bonds is 4. The average Bonchev–Trinajstić information content (AvgIpc) is 2.67. The molecule has 2 saturated heterocycles. The van der Waals surface area contributed by atoms with Gasteiger partial charge in [0.2, 0.25) is 11.9 Å². The van der Waals surface area contributed by atoms with Gasteiger partial charge in [-0.1, -0.05) is 0 Å². The topological polar surface area (TPSA) is 80.2 Å². The van der Waals surface area contributed by atoms with E-state index in [1.165, 1.54) is 0 Å². The molecule has 4 rings (SSSR count). The van der Waals surface area contributed by atoms with E-state index in [0.717, 1.165) is 36.9 Å². The van der Waals surface area contributed by atoms with Crippen LogP contribution < -0.4 is 5.32 Å². The Hall–Kier alpha value is -2.75. The number of amides is 1. The number of alkyl halides is 3. The van der Waals surface area contributed by atoms with Gasteiger partial charge in [-0.05, 0) is 31.0 Å². The van der Waals surface area contributed by atoms with Crippen LogP contribution in [0.5, 0.6) is 0 Å². The molecule has 2 aliphatic rings. The van der Waals surface area contributed by atoms with Gasteiger partial charge in [-0.3, -0.25) is 4.79 Å². The monoisotopic (exact) mass is 407 g/mol. The zero-order valence-electron chi connectivity index (χ0n) is 15.5. The highest BCUT2D eigenvalue weighted by molar-refractivity contribution is 5.80. The first-order valence-corrected chi connectivity index (χ1v) is 9.40. The first-order chi connectivity index (χ1) is 13.9. The van der Waals surface area contributed by atoms with Crippen LogP contribution in [0.3, 0.4) is 0 Å². The Morgan fingerprint density at radius 2 is 1.86 bits per heavy atom. The Kier molecular flexibility index (Phi) is 5.35. The molecule has 2 aromatic heterocycles. The van der Waals surface area contributed by atoms with Gasteiger partial charge in [-0.15, -0.1) is 0 Å². The fourth-order valence-corrected chi connectivity index (χ4v) is 3.50. The van der Waals surface area contributed by atoms with Crippen molar-refractivity contribution in [1.82, 2.24) is 19.9 Å². The van der Waals surface area contributed by atoms with Crippen LogP contribution in [0.1, 0.15) is 30.0 Å². The molecule has 2 aliphatic heterocycles. The third kappa shape index (κ3) is 4.47. The number of halogens is 3. The number of carbonyl (C=O) groups excluding carboxylic acids is 1. The van der Waals surface area contributed by atoms with E-state index >= 15 is 0 Å². The van der Waals surface area contributed by atoms with Crippen LogP contribution in [0.25, 0.3) is 0 Å². The zero-order valence-corrected chi connectivity index (χ0v) is 15.5. The Labute approximate surface area is 165 Å². The summed E-state index contributed by atoms with van der Waals surface area (Å²) in [6, 6.07) is 3.57. The molecule has 0 aromatic carbocycles. The van der Waals surface area contributed by atoms with Crippen molar-refractivity contribution in [1.29, 1.82) is 0 Å². The standard InChI is InChI=1S/C19H20F3N5O2/c20-19(21,22)14-1-5-23-16(9-14)26-18-24-6-2-15(25-18)13-10-27(11-13)17(28)12-3-7-29-8-4-12/h1-2,5-6,9,12-13H,3-4,7-8,10-11H2,(H,23,24,25,26).